The summed E-state index contributed by atoms with van der Waals surface area (Å²) in [6.07, 6.45) is 1.67. The number of thiazole rings is 1. The Morgan fingerprint density at radius 2 is 1.66 bits per heavy atom. The number of benzene rings is 2. The van der Waals surface area contributed by atoms with Crippen molar-refractivity contribution in [2.75, 3.05) is 28.4 Å². The molecule has 6 nitrogen and oxygen atoms in total. The minimum absolute atomic E-state index is 0.472. The molecule has 0 N–H and O–H groups in total. The number of hydrogen-bond acceptors (Lipinski definition) is 6. The number of aromatic nitrogens is 1. The summed E-state index contributed by atoms with van der Waals surface area (Å²) in [4.78, 5) is 5.02. The van der Waals surface area contributed by atoms with E-state index in [1.165, 1.54) is 11.3 Å². The summed E-state index contributed by atoms with van der Waals surface area (Å²) >= 11 is 13.7. The van der Waals surface area contributed by atoms with Gasteiger partial charge in [0.1, 0.15) is 17.2 Å². The van der Waals surface area contributed by atoms with Gasteiger partial charge in [0.05, 0.1) is 48.8 Å². The average molecular weight is 452 g/mol. The molecular weight excluding hydrogens is 433 g/mol. The maximum Gasteiger partial charge on any atom is 0.205 e. The predicted molar refractivity (Wildman–Crippen MR) is 118 cm³/mol. The van der Waals surface area contributed by atoms with E-state index in [-0.39, 0.29) is 0 Å². The summed E-state index contributed by atoms with van der Waals surface area (Å²) < 4.78 is 18.0. The zero-order valence-electron chi connectivity index (χ0n) is 16.3. The first kappa shape index (κ1) is 21.2. The highest BCUT2D eigenvalue weighted by Crippen LogP contribution is 2.33. The molecule has 3 aromatic rings. The molecule has 0 aliphatic carbocycles. The van der Waals surface area contributed by atoms with Gasteiger partial charge in [-0.2, -0.15) is 5.10 Å². The highest BCUT2D eigenvalue weighted by atomic mass is 35.5. The highest BCUT2D eigenvalue weighted by molar-refractivity contribution is 7.07. The Kier molecular flexibility index (Phi) is 6.84. The molecule has 0 saturated heterocycles. The van der Waals surface area contributed by atoms with Crippen LogP contribution in [0, 0.1) is 0 Å². The molecule has 0 amide bonds. The van der Waals surface area contributed by atoms with Gasteiger partial charge in [-0.3, -0.25) is 4.99 Å². The first-order valence-corrected chi connectivity index (χ1v) is 10.1. The normalized spacial score (nSPS) is 11.9. The number of ether oxygens (including phenoxy) is 3. The van der Waals surface area contributed by atoms with Gasteiger partial charge in [-0.15, -0.1) is 11.3 Å². The molecule has 0 bridgehead atoms. The van der Waals surface area contributed by atoms with E-state index in [9.17, 15) is 0 Å². The minimum atomic E-state index is 0.472. The van der Waals surface area contributed by atoms with Crippen molar-refractivity contribution in [1.29, 1.82) is 0 Å². The average Bonchev–Trinajstić information content (AvgIpc) is 3.16. The van der Waals surface area contributed by atoms with Crippen LogP contribution in [0.2, 0.25) is 10.0 Å². The van der Waals surface area contributed by atoms with Crippen LogP contribution >= 0.6 is 34.5 Å². The standard InChI is InChI=1S/C20H19Cl2N3O3S/c1-23-20-25(17(11-29-20)12-5-6-15(21)16(22)7-12)24-10-14-18(27-3)8-13(26-2)9-19(14)28-4/h5-11H,1-4H3. The van der Waals surface area contributed by atoms with Gasteiger partial charge < -0.3 is 14.2 Å². The van der Waals surface area contributed by atoms with Crippen LogP contribution in [-0.2, 0) is 0 Å². The lowest BCUT2D eigenvalue weighted by Crippen LogP contribution is -2.12. The third-order valence-electron chi connectivity index (χ3n) is 4.15. The van der Waals surface area contributed by atoms with Crippen LogP contribution in [0.25, 0.3) is 11.3 Å². The molecule has 3 rings (SSSR count). The SMILES string of the molecule is CN=c1scc(-c2ccc(Cl)c(Cl)c2)n1N=Cc1c(OC)cc(OC)cc1OC. The summed E-state index contributed by atoms with van der Waals surface area (Å²) in [6.45, 7) is 0. The van der Waals surface area contributed by atoms with Crippen molar-refractivity contribution in [2.45, 2.75) is 0 Å². The first-order valence-electron chi connectivity index (χ1n) is 8.45. The topological polar surface area (TPSA) is 57.3 Å². The Hall–Kier alpha value is -2.48. The fourth-order valence-corrected chi connectivity index (χ4v) is 3.79. The lowest BCUT2D eigenvalue weighted by molar-refractivity contribution is 0.374. The number of methoxy groups -OCH3 is 3. The van der Waals surface area contributed by atoms with E-state index in [1.54, 1.807) is 63.5 Å². The van der Waals surface area contributed by atoms with E-state index < -0.39 is 0 Å². The van der Waals surface area contributed by atoms with Gasteiger partial charge in [0.15, 0.2) is 0 Å². The van der Waals surface area contributed by atoms with E-state index in [0.717, 1.165) is 11.3 Å². The fraction of sp³-hybridized carbons (Fsp3) is 0.200. The summed E-state index contributed by atoms with van der Waals surface area (Å²) in [5.74, 6) is 1.78. The molecule has 0 atom stereocenters. The molecule has 0 spiro atoms. The smallest absolute Gasteiger partial charge is 0.205 e. The number of hydrogen-bond donors (Lipinski definition) is 0. The van der Waals surface area contributed by atoms with E-state index in [1.807, 2.05) is 11.4 Å². The molecule has 1 aromatic heterocycles. The minimum Gasteiger partial charge on any atom is -0.496 e. The van der Waals surface area contributed by atoms with Crippen LogP contribution in [0.5, 0.6) is 17.2 Å². The molecule has 1 heterocycles. The van der Waals surface area contributed by atoms with Crippen LogP contribution in [0.1, 0.15) is 5.56 Å². The molecular formula is C20H19Cl2N3O3S. The third-order valence-corrected chi connectivity index (χ3v) is 5.79. The summed E-state index contributed by atoms with van der Waals surface area (Å²) in [6, 6.07) is 8.98. The maximum absolute atomic E-state index is 6.19. The van der Waals surface area contributed by atoms with Crippen molar-refractivity contribution < 1.29 is 14.2 Å². The Bertz CT molecular complexity index is 1100. The van der Waals surface area contributed by atoms with Gasteiger partial charge in [0.2, 0.25) is 4.80 Å². The second-order valence-electron chi connectivity index (χ2n) is 5.76. The van der Waals surface area contributed by atoms with Crippen molar-refractivity contribution in [3.63, 3.8) is 0 Å². The van der Waals surface area contributed by atoms with Gasteiger partial charge in [-0.25, -0.2) is 4.68 Å². The summed E-state index contributed by atoms with van der Waals surface area (Å²) in [5, 5.41) is 7.57. The second kappa shape index (κ2) is 9.35. The Balaban J connectivity index is 2.13. The Labute approximate surface area is 182 Å². The van der Waals surface area contributed by atoms with Crippen LogP contribution in [-0.4, -0.2) is 39.3 Å². The van der Waals surface area contributed by atoms with Gasteiger partial charge in [-0.05, 0) is 12.1 Å². The maximum atomic E-state index is 6.19. The van der Waals surface area contributed by atoms with Crippen LogP contribution in [0.3, 0.4) is 0 Å². The van der Waals surface area contributed by atoms with Crippen molar-refractivity contribution in [3.8, 4) is 28.5 Å². The van der Waals surface area contributed by atoms with E-state index >= 15 is 0 Å². The van der Waals surface area contributed by atoms with Crippen LogP contribution in [0.4, 0.5) is 0 Å². The Morgan fingerprint density at radius 3 is 2.21 bits per heavy atom. The predicted octanol–water partition coefficient (Wildman–Crippen LogP) is 4.96. The molecule has 0 aliphatic heterocycles. The van der Waals surface area contributed by atoms with E-state index in [2.05, 4.69) is 10.1 Å². The lowest BCUT2D eigenvalue weighted by Gasteiger charge is -2.12. The molecule has 0 fully saturated rings. The first-order chi connectivity index (χ1) is 14.0. The van der Waals surface area contributed by atoms with Gasteiger partial charge in [0, 0.05) is 30.1 Å². The van der Waals surface area contributed by atoms with E-state index in [0.29, 0.717) is 37.7 Å². The fourth-order valence-electron chi connectivity index (χ4n) is 2.69. The van der Waals surface area contributed by atoms with Crippen molar-refractivity contribution in [1.82, 2.24) is 4.68 Å². The molecule has 152 valence electrons. The molecule has 2 aromatic carbocycles. The number of nitrogens with zero attached hydrogens (tertiary/aromatic N) is 3. The second-order valence-corrected chi connectivity index (χ2v) is 7.41. The zero-order chi connectivity index (χ0) is 21.0. The van der Waals surface area contributed by atoms with Crippen molar-refractivity contribution >= 4 is 40.8 Å². The molecule has 0 radical (unpaired) electrons. The van der Waals surface area contributed by atoms with Gasteiger partial charge in [0.25, 0.3) is 0 Å². The molecule has 9 heteroatoms. The largest absolute Gasteiger partial charge is 0.496 e. The molecule has 0 aliphatic rings. The van der Waals surface area contributed by atoms with Crippen molar-refractivity contribution in [3.05, 3.63) is 56.1 Å². The van der Waals surface area contributed by atoms with Gasteiger partial charge in [-0.1, -0.05) is 29.3 Å². The monoisotopic (exact) mass is 451 g/mol. The lowest BCUT2D eigenvalue weighted by atomic mass is 10.1. The highest BCUT2D eigenvalue weighted by Gasteiger charge is 2.13. The molecule has 0 unspecified atom stereocenters. The summed E-state index contributed by atoms with van der Waals surface area (Å²) in [5.41, 5.74) is 2.38. The molecule has 29 heavy (non-hydrogen) atoms. The Morgan fingerprint density at radius 1 is 0.966 bits per heavy atom. The quantitative estimate of drug-likeness (QED) is 0.497. The van der Waals surface area contributed by atoms with Crippen molar-refractivity contribution in [2.24, 2.45) is 10.1 Å². The number of halogens is 2. The molecule has 0 saturated carbocycles. The third kappa shape index (κ3) is 4.42. The van der Waals surface area contributed by atoms with Crippen LogP contribution < -0.4 is 19.0 Å². The van der Waals surface area contributed by atoms with Crippen LogP contribution in [0.15, 0.2) is 45.8 Å². The van der Waals surface area contributed by atoms with Gasteiger partial charge >= 0.3 is 0 Å². The van der Waals surface area contributed by atoms with E-state index in [4.69, 9.17) is 37.4 Å². The summed E-state index contributed by atoms with van der Waals surface area (Å²) in [7, 11) is 6.46. The zero-order valence-corrected chi connectivity index (χ0v) is 18.6. The number of rotatable bonds is 6.